The number of carbonyl (C=O) groups is 2. The average Bonchev–Trinajstić information content (AvgIpc) is 2.33. The predicted molar refractivity (Wildman–Crippen MR) is 62.0 cm³/mol. The van der Waals surface area contributed by atoms with Gasteiger partial charge in [-0.1, -0.05) is 12.1 Å². The molecule has 0 aliphatic carbocycles. The molecular formula is C13H13FO4. The molecule has 0 heterocycles. The number of ether oxygens (including phenoxy) is 2. The van der Waals surface area contributed by atoms with E-state index in [1.165, 1.54) is 32.2 Å². The Kier molecular flexibility index (Phi) is 5.05. The number of esters is 2. The molecule has 0 fully saturated rings. The van der Waals surface area contributed by atoms with E-state index in [1.54, 1.807) is 12.1 Å². The molecule has 0 spiro atoms. The van der Waals surface area contributed by atoms with Crippen LogP contribution < -0.4 is 0 Å². The Labute approximate surface area is 104 Å². The quantitative estimate of drug-likeness (QED) is 0.467. The molecule has 4 nitrogen and oxygen atoms in total. The first-order valence-corrected chi connectivity index (χ1v) is 5.24. The number of allylic oxidation sites excluding steroid dienone is 1. The lowest BCUT2D eigenvalue weighted by Crippen LogP contribution is -2.11. The largest absolute Gasteiger partial charge is 0.463 e. The van der Waals surface area contributed by atoms with Gasteiger partial charge in [-0.05, 0) is 30.2 Å². The van der Waals surface area contributed by atoms with Gasteiger partial charge in [0.15, 0.2) is 0 Å². The van der Waals surface area contributed by atoms with Gasteiger partial charge >= 0.3 is 11.9 Å². The van der Waals surface area contributed by atoms with E-state index in [9.17, 15) is 14.0 Å². The van der Waals surface area contributed by atoms with Gasteiger partial charge in [0.05, 0.1) is 7.11 Å². The molecule has 1 rings (SSSR count). The molecule has 5 heteroatoms. The van der Waals surface area contributed by atoms with E-state index in [0.717, 1.165) is 0 Å². The summed E-state index contributed by atoms with van der Waals surface area (Å²) in [6, 6.07) is 5.91. The van der Waals surface area contributed by atoms with E-state index in [0.29, 0.717) is 5.56 Å². The SMILES string of the molecule is COC(=O)C(=CCc1cccc(F)c1)OC(C)=O. The van der Waals surface area contributed by atoms with Crippen LogP contribution in [0.25, 0.3) is 0 Å². The van der Waals surface area contributed by atoms with Crippen LogP contribution in [0, 0.1) is 5.82 Å². The zero-order valence-electron chi connectivity index (χ0n) is 10.1. The minimum absolute atomic E-state index is 0.200. The van der Waals surface area contributed by atoms with Crippen LogP contribution >= 0.6 is 0 Å². The second kappa shape index (κ2) is 6.54. The van der Waals surface area contributed by atoms with Crippen molar-refractivity contribution in [3.05, 3.63) is 47.5 Å². The predicted octanol–water partition coefficient (Wildman–Crippen LogP) is 1.99. The Balaban J connectivity index is 2.82. The van der Waals surface area contributed by atoms with Gasteiger partial charge in [0.2, 0.25) is 5.76 Å². The Bertz CT molecular complexity index is 480. The summed E-state index contributed by atoms with van der Waals surface area (Å²) in [5, 5.41) is 0. The highest BCUT2D eigenvalue weighted by Gasteiger charge is 2.13. The van der Waals surface area contributed by atoms with Gasteiger partial charge in [-0.2, -0.15) is 0 Å². The molecule has 18 heavy (non-hydrogen) atoms. The molecule has 0 saturated carbocycles. The Morgan fingerprint density at radius 3 is 2.67 bits per heavy atom. The first-order chi connectivity index (χ1) is 8.52. The van der Waals surface area contributed by atoms with Crippen LogP contribution in [0.2, 0.25) is 0 Å². The van der Waals surface area contributed by atoms with Gasteiger partial charge in [-0.3, -0.25) is 4.79 Å². The average molecular weight is 252 g/mol. The Morgan fingerprint density at radius 1 is 1.39 bits per heavy atom. The molecule has 0 amide bonds. The first kappa shape index (κ1) is 13.9. The molecular weight excluding hydrogens is 239 g/mol. The summed E-state index contributed by atoms with van der Waals surface area (Å²) in [5.74, 6) is -1.94. The summed E-state index contributed by atoms with van der Waals surface area (Å²) < 4.78 is 22.1. The third-order valence-corrected chi connectivity index (χ3v) is 2.05. The van der Waals surface area contributed by atoms with Crippen molar-refractivity contribution in [1.29, 1.82) is 0 Å². The minimum atomic E-state index is -0.749. The molecule has 0 aliphatic heterocycles. The number of hydrogen-bond acceptors (Lipinski definition) is 4. The van der Waals surface area contributed by atoms with E-state index in [1.807, 2.05) is 0 Å². The molecule has 0 aromatic heterocycles. The molecule has 0 aliphatic rings. The molecule has 1 aromatic carbocycles. The van der Waals surface area contributed by atoms with Gasteiger partial charge in [-0.25, -0.2) is 9.18 Å². The summed E-state index contributed by atoms with van der Waals surface area (Å²) in [6.45, 7) is 1.18. The maximum atomic E-state index is 12.9. The smallest absolute Gasteiger partial charge is 0.373 e. The highest BCUT2D eigenvalue weighted by molar-refractivity contribution is 5.89. The maximum absolute atomic E-state index is 12.9. The standard InChI is InChI=1S/C13H13FO4/c1-9(15)18-12(13(16)17-2)7-6-10-4-3-5-11(14)8-10/h3-5,7-8H,6H2,1-2H3. The zero-order valence-corrected chi connectivity index (χ0v) is 10.1. The second-order valence-corrected chi connectivity index (χ2v) is 3.49. The zero-order chi connectivity index (χ0) is 13.5. The third-order valence-electron chi connectivity index (χ3n) is 2.05. The first-order valence-electron chi connectivity index (χ1n) is 5.24. The highest BCUT2D eigenvalue weighted by Crippen LogP contribution is 2.08. The fourth-order valence-corrected chi connectivity index (χ4v) is 1.30. The number of halogens is 1. The van der Waals surface area contributed by atoms with Crippen LogP contribution in [-0.4, -0.2) is 19.0 Å². The number of benzene rings is 1. The lowest BCUT2D eigenvalue weighted by Gasteiger charge is -2.04. The van der Waals surface area contributed by atoms with Crippen LogP contribution in [0.1, 0.15) is 12.5 Å². The Morgan fingerprint density at radius 2 is 2.11 bits per heavy atom. The van der Waals surface area contributed by atoms with E-state index in [-0.39, 0.29) is 18.0 Å². The summed E-state index contributed by atoms with van der Waals surface area (Å²) in [4.78, 5) is 22.1. The second-order valence-electron chi connectivity index (χ2n) is 3.49. The molecule has 96 valence electrons. The monoisotopic (exact) mass is 252 g/mol. The number of carbonyl (C=O) groups excluding carboxylic acids is 2. The van der Waals surface area contributed by atoms with Crippen LogP contribution in [0.15, 0.2) is 36.1 Å². The van der Waals surface area contributed by atoms with Crippen molar-refractivity contribution >= 4 is 11.9 Å². The highest BCUT2D eigenvalue weighted by atomic mass is 19.1. The van der Waals surface area contributed by atoms with Crippen molar-refractivity contribution in [2.45, 2.75) is 13.3 Å². The van der Waals surface area contributed by atoms with Gasteiger partial charge in [0, 0.05) is 6.92 Å². The van der Waals surface area contributed by atoms with Crippen molar-refractivity contribution in [3.8, 4) is 0 Å². The van der Waals surface area contributed by atoms with Crippen LogP contribution in [0.4, 0.5) is 4.39 Å². The van der Waals surface area contributed by atoms with Crippen molar-refractivity contribution < 1.29 is 23.5 Å². The molecule has 0 saturated heterocycles. The third kappa shape index (κ3) is 4.37. The summed E-state index contributed by atoms with van der Waals surface area (Å²) in [5.41, 5.74) is 0.656. The lowest BCUT2D eigenvalue weighted by molar-refractivity contribution is -0.148. The molecule has 1 aromatic rings. The Hall–Kier alpha value is -2.17. The maximum Gasteiger partial charge on any atom is 0.373 e. The topological polar surface area (TPSA) is 52.6 Å². The van der Waals surface area contributed by atoms with Crippen molar-refractivity contribution in [3.63, 3.8) is 0 Å². The minimum Gasteiger partial charge on any atom is -0.463 e. The van der Waals surface area contributed by atoms with Crippen molar-refractivity contribution in [1.82, 2.24) is 0 Å². The van der Waals surface area contributed by atoms with E-state index in [2.05, 4.69) is 4.74 Å². The van der Waals surface area contributed by atoms with Gasteiger partial charge in [-0.15, -0.1) is 0 Å². The normalized spacial score (nSPS) is 10.9. The van der Waals surface area contributed by atoms with Crippen molar-refractivity contribution in [2.75, 3.05) is 7.11 Å². The van der Waals surface area contributed by atoms with Crippen LogP contribution in [-0.2, 0) is 25.5 Å². The summed E-state index contributed by atoms with van der Waals surface area (Å²) >= 11 is 0. The number of methoxy groups -OCH3 is 1. The molecule has 0 radical (unpaired) electrons. The van der Waals surface area contributed by atoms with Crippen LogP contribution in [0.5, 0.6) is 0 Å². The summed E-state index contributed by atoms with van der Waals surface area (Å²) in [6.07, 6.45) is 1.64. The molecule has 0 atom stereocenters. The van der Waals surface area contributed by atoms with E-state index < -0.39 is 11.9 Å². The molecule has 0 bridgehead atoms. The number of hydrogen-bond donors (Lipinski definition) is 0. The van der Waals surface area contributed by atoms with E-state index >= 15 is 0 Å². The van der Waals surface area contributed by atoms with E-state index in [4.69, 9.17) is 4.74 Å². The van der Waals surface area contributed by atoms with Gasteiger partial charge in [0.25, 0.3) is 0 Å². The molecule has 0 unspecified atom stereocenters. The fraction of sp³-hybridized carbons (Fsp3) is 0.231. The fourth-order valence-electron chi connectivity index (χ4n) is 1.30. The van der Waals surface area contributed by atoms with Gasteiger partial charge < -0.3 is 9.47 Å². The molecule has 0 N–H and O–H groups in total. The summed E-state index contributed by atoms with van der Waals surface area (Å²) in [7, 11) is 1.18. The number of rotatable bonds is 4. The lowest BCUT2D eigenvalue weighted by atomic mass is 10.1. The van der Waals surface area contributed by atoms with Crippen molar-refractivity contribution in [2.24, 2.45) is 0 Å². The van der Waals surface area contributed by atoms with Gasteiger partial charge in [0.1, 0.15) is 5.82 Å². The van der Waals surface area contributed by atoms with Crippen LogP contribution in [0.3, 0.4) is 0 Å².